The summed E-state index contributed by atoms with van der Waals surface area (Å²) in [6, 6.07) is 12.4. The highest BCUT2D eigenvalue weighted by molar-refractivity contribution is 7.17. The molecule has 1 N–H and O–H groups in total. The summed E-state index contributed by atoms with van der Waals surface area (Å²) in [6.07, 6.45) is 0. The van der Waals surface area contributed by atoms with Gasteiger partial charge in [-0.25, -0.2) is 4.79 Å². The van der Waals surface area contributed by atoms with Crippen molar-refractivity contribution in [2.24, 2.45) is 0 Å². The molecule has 0 amide bonds. The second-order valence-corrected chi connectivity index (χ2v) is 5.87. The number of rotatable bonds is 4. The van der Waals surface area contributed by atoms with Crippen LogP contribution in [0.25, 0.3) is 10.1 Å². The number of halogens is 1. The molecular formula is C16H11ClO3S. The zero-order valence-electron chi connectivity index (χ0n) is 10.9. The van der Waals surface area contributed by atoms with Gasteiger partial charge in [0.05, 0.1) is 5.56 Å². The van der Waals surface area contributed by atoms with Crippen LogP contribution >= 0.6 is 22.9 Å². The number of ether oxygens (including phenoxy) is 1. The standard InChI is InChI=1S/C16H11ClO3S/c17-12-2-1-3-13(7-12)20-8-11-9-21-15-6-10(16(18)19)4-5-14(11)15/h1-7,9H,8H2,(H,18,19). The van der Waals surface area contributed by atoms with Gasteiger partial charge >= 0.3 is 5.97 Å². The summed E-state index contributed by atoms with van der Waals surface area (Å²) < 4.78 is 6.67. The van der Waals surface area contributed by atoms with E-state index >= 15 is 0 Å². The lowest BCUT2D eigenvalue weighted by Crippen LogP contribution is -1.96. The maximum Gasteiger partial charge on any atom is 0.335 e. The highest BCUT2D eigenvalue weighted by Crippen LogP contribution is 2.28. The number of thiophene rings is 1. The predicted molar refractivity (Wildman–Crippen MR) is 84.6 cm³/mol. The Morgan fingerprint density at radius 3 is 2.86 bits per heavy atom. The molecule has 0 aliphatic heterocycles. The zero-order valence-corrected chi connectivity index (χ0v) is 12.4. The number of aromatic carboxylic acids is 1. The fourth-order valence-electron chi connectivity index (χ4n) is 2.05. The largest absolute Gasteiger partial charge is 0.489 e. The Morgan fingerprint density at radius 1 is 1.24 bits per heavy atom. The maximum absolute atomic E-state index is 11.0. The van der Waals surface area contributed by atoms with E-state index in [-0.39, 0.29) is 0 Å². The molecule has 0 radical (unpaired) electrons. The SMILES string of the molecule is O=C(O)c1ccc2c(COc3cccc(Cl)c3)csc2c1. The Hall–Kier alpha value is -2.04. The van der Waals surface area contributed by atoms with Gasteiger partial charge in [0.15, 0.2) is 0 Å². The van der Waals surface area contributed by atoms with E-state index in [0.717, 1.165) is 15.6 Å². The average molecular weight is 319 g/mol. The van der Waals surface area contributed by atoms with Crippen LogP contribution in [-0.2, 0) is 6.61 Å². The minimum Gasteiger partial charge on any atom is -0.489 e. The fourth-order valence-corrected chi connectivity index (χ4v) is 3.21. The molecule has 5 heteroatoms. The monoisotopic (exact) mass is 318 g/mol. The van der Waals surface area contributed by atoms with Crippen LogP contribution in [0.5, 0.6) is 5.75 Å². The first-order valence-corrected chi connectivity index (χ1v) is 7.51. The third-order valence-electron chi connectivity index (χ3n) is 3.09. The van der Waals surface area contributed by atoms with Crippen LogP contribution in [0.2, 0.25) is 5.02 Å². The summed E-state index contributed by atoms with van der Waals surface area (Å²) in [5, 5.41) is 12.6. The summed E-state index contributed by atoms with van der Waals surface area (Å²) in [6.45, 7) is 0.423. The molecule has 0 spiro atoms. The molecule has 0 aliphatic rings. The van der Waals surface area contributed by atoms with E-state index in [9.17, 15) is 4.79 Å². The third kappa shape index (κ3) is 3.01. The molecule has 1 aromatic heterocycles. The van der Waals surface area contributed by atoms with Gasteiger partial charge in [0, 0.05) is 15.3 Å². The summed E-state index contributed by atoms with van der Waals surface area (Å²) in [4.78, 5) is 11.0. The molecule has 0 unspecified atom stereocenters. The second kappa shape index (κ2) is 5.76. The van der Waals surface area contributed by atoms with Gasteiger partial charge in [0.2, 0.25) is 0 Å². The van der Waals surface area contributed by atoms with Crippen LogP contribution in [-0.4, -0.2) is 11.1 Å². The van der Waals surface area contributed by atoms with Crippen LogP contribution in [0, 0.1) is 0 Å². The summed E-state index contributed by atoms with van der Waals surface area (Å²) in [5.41, 5.74) is 1.33. The van der Waals surface area contributed by atoms with E-state index in [4.69, 9.17) is 21.4 Å². The molecule has 3 rings (SSSR count). The van der Waals surface area contributed by atoms with Crippen LogP contribution in [0.1, 0.15) is 15.9 Å². The minimum absolute atomic E-state index is 0.298. The number of carbonyl (C=O) groups is 1. The van der Waals surface area contributed by atoms with Gasteiger partial charge < -0.3 is 9.84 Å². The first-order chi connectivity index (χ1) is 10.1. The fraction of sp³-hybridized carbons (Fsp3) is 0.0625. The molecule has 106 valence electrons. The number of benzene rings is 2. The molecule has 3 aromatic rings. The van der Waals surface area contributed by atoms with Crippen molar-refractivity contribution < 1.29 is 14.6 Å². The van der Waals surface area contributed by atoms with Gasteiger partial charge in [-0.1, -0.05) is 23.7 Å². The summed E-state index contributed by atoms with van der Waals surface area (Å²) in [7, 11) is 0. The topological polar surface area (TPSA) is 46.5 Å². The third-order valence-corrected chi connectivity index (χ3v) is 4.32. The lowest BCUT2D eigenvalue weighted by atomic mass is 10.1. The van der Waals surface area contributed by atoms with Crippen molar-refractivity contribution >= 4 is 39.0 Å². The van der Waals surface area contributed by atoms with E-state index in [1.54, 1.807) is 24.3 Å². The number of hydrogen-bond donors (Lipinski definition) is 1. The number of fused-ring (bicyclic) bond motifs is 1. The van der Waals surface area contributed by atoms with Gasteiger partial charge in [0.1, 0.15) is 12.4 Å². The highest BCUT2D eigenvalue weighted by Gasteiger charge is 2.09. The lowest BCUT2D eigenvalue weighted by Gasteiger charge is -2.05. The molecule has 0 aliphatic carbocycles. The second-order valence-electron chi connectivity index (χ2n) is 4.52. The van der Waals surface area contributed by atoms with E-state index < -0.39 is 5.97 Å². The van der Waals surface area contributed by atoms with Crippen molar-refractivity contribution in [3.8, 4) is 5.75 Å². The normalized spacial score (nSPS) is 10.7. The quantitative estimate of drug-likeness (QED) is 0.749. The summed E-state index contributed by atoms with van der Waals surface area (Å²) >= 11 is 7.43. The van der Waals surface area contributed by atoms with Gasteiger partial charge in [-0.3, -0.25) is 0 Å². The van der Waals surface area contributed by atoms with Gasteiger partial charge in [-0.2, -0.15) is 0 Å². The first kappa shape index (κ1) is 13.9. The molecule has 21 heavy (non-hydrogen) atoms. The van der Waals surface area contributed by atoms with E-state index in [1.165, 1.54) is 11.3 Å². The highest BCUT2D eigenvalue weighted by atomic mass is 35.5. The molecule has 0 saturated carbocycles. The molecule has 0 atom stereocenters. The van der Waals surface area contributed by atoms with Crippen molar-refractivity contribution in [1.82, 2.24) is 0 Å². The number of carboxylic acids is 1. The van der Waals surface area contributed by atoms with E-state index in [1.807, 2.05) is 23.6 Å². The zero-order chi connectivity index (χ0) is 14.8. The lowest BCUT2D eigenvalue weighted by molar-refractivity contribution is 0.0697. The van der Waals surface area contributed by atoms with Gasteiger partial charge in [0.25, 0.3) is 0 Å². The average Bonchev–Trinajstić information content (AvgIpc) is 2.87. The van der Waals surface area contributed by atoms with E-state index in [0.29, 0.717) is 22.9 Å². The van der Waals surface area contributed by atoms with E-state index in [2.05, 4.69) is 0 Å². The van der Waals surface area contributed by atoms with Crippen LogP contribution in [0.3, 0.4) is 0 Å². The van der Waals surface area contributed by atoms with Crippen LogP contribution < -0.4 is 4.74 Å². The van der Waals surface area contributed by atoms with Crippen LogP contribution in [0.15, 0.2) is 47.8 Å². The molecule has 2 aromatic carbocycles. The minimum atomic E-state index is -0.915. The maximum atomic E-state index is 11.0. The Labute approximate surface area is 130 Å². The molecule has 0 fully saturated rings. The Morgan fingerprint density at radius 2 is 2.10 bits per heavy atom. The van der Waals surface area contributed by atoms with Crippen molar-refractivity contribution in [2.75, 3.05) is 0 Å². The van der Waals surface area contributed by atoms with Gasteiger partial charge in [-0.05, 0) is 41.1 Å². The van der Waals surface area contributed by atoms with Crippen molar-refractivity contribution in [1.29, 1.82) is 0 Å². The molecule has 0 saturated heterocycles. The Kier molecular flexibility index (Phi) is 3.82. The Balaban J connectivity index is 1.83. The molecule has 1 heterocycles. The number of carboxylic acid groups (broad SMARTS) is 1. The smallest absolute Gasteiger partial charge is 0.335 e. The molecule has 3 nitrogen and oxygen atoms in total. The van der Waals surface area contributed by atoms with Crippen molar-refractivity contribution in [3.63, 3.8) is 0 Å². The van der Waals surface area contributed by atoms with Crippen LogP contribution in [0.4, 0.5) is 0 Å². The van der Waals surface area contributed by atoms with Gasteiger partial charge in [-0.15, -0.1) is 11.3 Å². The van der Waals surface area contributed by atoms with Crippen molar-refractivity contribution in [2.45, 2.75) is 6.61 Å². The first-order valence-electron chi connectivity index (χ1n) is 6.25. The van der Waals surface area contributed by atoms with Crippen molar-refractivity contribution in [3.05, 3.63) is 64.0 Å². The summed E-state index contributed by atoms with van der Waals surface area (Å²) in [5.74, 6) is -0.203. The number of hydrogen-bond acceptors (Lipinski definition) is 3. The Bertz CT molecular complexity index is 810. The molecule has 0 bridgehead atoms. The molecular weight excluding hydrogens is 308 g/mol. The predicted octanol–water partition coefficient (Wildman–Crippen LogP) is 4.83.